The number of hydrogen-bond donors (Lipinski definition) is 1. The van der Waals surface area contributed by atoms with Gasteiger partial charge in [0, 0.05) is 20.2 Å². The molecule has 0 aliphatic rings. The summed E-state index contributed by atoms with van der Waals surface area (Å²) in [5.41, 5.74) is 4.35. The molecule has 4 rings (SSSR count). The molecule has 1 aromatic heterocycles. The zero-order valence-electron chi connectivity index (χ0n) is 20.9. The molecule has 1 heterocycles. The number of nitrogens with zero attached hydrogens (tertiary/aromatic N) is 2. The minimum absolute atomic E-state index is 0.226. The van der Waals surface area contributed by atoms with Crippen molar-refractivity contribution in [2.24, 2.45) is 14.1 Å². The Hall–Kier alpha value is -3.72. The van der Waals surface area contributed by atoms with Crippen LogP contribution < -0.4 is 19.9 Å². The van der Waals surface area contributed by atoms with Crippen LogP contribution in [-0.4, -0.2) is 24.7 Å². The summed E-state index contributed by atoms with van der Waals surface area (Å²) in [4.78, 5) is 12.8. The van der Waals surface area contributed by atoms with Gasteiger partial charge in [-0.05, 0) is 80.3 Å². The van der Waals surface area contributed by atoms with E-state index in [1.807, 2.05) is 19.9 Å². The van der Waals surface area contributed by atoms with Crippen LogP contribution in [0.5, 0.6) is 17.2 Å². The number of fused-ring (bicyclic) bond motifs is 1. The molecule has 0 radical (unpaired) electrons. The average molecular weight is 496 g/mol. The van der Waals surface area contributed by atoms with Crippen molar-refractivity contribution in [2.45, 2.75) is 32.6 Å². The maximum Gasteiger partial charge on any atom is 0.328 e. The Morgan fingerprint density at radius 2 is 1.31 bits per heavy atom. The molecular formula is C26H29N3O5S. The predicted molar refractivity (Wildman–Crippen MR) is 137 cm³/mol. The highest BCUT2D eigenvalue weighted by Crippen LogP contribution is 2.36. The smallest absolute Gasteiger partial charge is 0.328 e. The Bertz CT molecular complexity index is 1590. The molecule has 35 heavy (non-hydrogen) atoms. The largest absolute Gasteiger partial charge is 0.497 e. The van der Waals surface area contributed by atoms with Crippen molar-refractivity contribution in [3.8, 4) is 17.2 Å². The summed E-state index contributed by atoms with van der Waals surface area (Å²) >= 11 is 0. The fraction of sp³-hybridized carbons (Fsp3) is 0.269. The van der Waals surface area contributed by atoms with E-state index < -0.39 is 10.0 Å². The van der Waals surface area contributed by atoms with Gasteiger partial charge in [0.1, 0.15) is 11.5 Å². The highest BCUT2D eigenvalue weighted by molar-refractivity contribution is 7.92. The van der Waals surface area contributed by atoms with E-state index >= 15 is 0 Å². The Balaban J connectivity index is 1.89. The Labute approximate surface area is 204 Å². The second-order valence-corrected chi connectivity index (χ2v) is 10.3. The number of rotatable bonds is 6. The van der Waals surface area contributed by atoms with Crippen LogP contribution in [0.4, 0.5) is 5.69 Å². The summed E-state index contributed by atoms with van der Waals surface area (Å²) in [7, 11) is 0.904. The number of anilines is 1. The topological polar surface area (TPSA) is 91.6 Å². The van der Waals surface area contributed by atoms with E-state index in [0.29, 0.717) is 33.7 Å². The molecule has 0 saturated heterocycles. The van der Waals surface area contributed by atoms with Crippen LogP contribution in [0.25, 0.3) is 11.0 Å². The number of benzene rings is 3. The fourth-order valence-corrected chi connectivity index (χ4v) is 5.92. The zero-order valence-corrected chi connectivity index (χ0v) is 21.7. The standard InChI is InChI=1S/C26H29N3O5S/c1-15-12-16(2)18(4)25(17(15)3)35(31,32)27-21-13-22-23(29(6)26(30)28(22)5)14-24(21)34-20-10-8-19(33-7)9-11-20/h8-14,27H,1-7H3. The summed E-state index contributed by atoms with van der Waals surface area (Å²) < 4.78 is 44.3. The van der Waals surface area contributed by atoms with Crippen molar-refractivity contribution in [1.29, 1.82) is 0 Å². The third-order valence-corrected chi connectivity index (χ3v) is 8.11. The lowest BCUT2D eigenvalue weighted by Gasteiger charge is -2.19. The maximum absolute atomic E-state index is 13.7. The van der Waals surface area contributed by atoms with Crippen LogP contribution in [0.2, 0.25) is 0 Å². The number of sulfonamides is 1. The molecule has 8 nitrogen and oxygen atoms in total. The summed E-state index contributed by atoms with van der Waals surface area (Å²) in [5.74, 6) is 1.43. The first-order valence-corrected chi connectivity index (χ1v) is 12.5. The summed E-state index contributed by atoms with van der Waals surface area (Å²) in [5, 5.41) is 0. The normalized spacial score (nSPS) is 11.6. The zero-order chi connectivity index (χ0) is 25.7. The molecule has 0 amide bonds. The average Bonchev–Trinajstić information content (AvgIpc) is 3.01. The minimum atomic E-state index is -3.97. The maximum atomic E-state index is 13.7. The van der Waals surface area contributed by atoms with E-state index in [1.165, 1.54) is 9.13 Å². The molecule has 0 bridgehead atoms. The van der Waals surface area contributed by atoms with Crippen molar-refractivity contribution in [3.05, 3.63) is 75.2 Å². The molecule has 0 unspecified atom stereocenters. The van der Waals surface area contributed by atoms with E-state index in [4.69, 9.17) is 9.47 Å². The summed E-state index contributed by atoms with van der Waals surface area (Å²) in [6.45, 7) is 7.39. The number of hydrogen-bond acceptors (Lipinski definition) is 5. The highest BCUT2D eigenvalue weighted by atomic mass is 32.2. The molecule has 0 fully saturated rings. The lowest BCUT2D eigenvalue weighted by Crippen LogP contribution is -2.19. The van der Waals surface area contributed by atoms with Gasteiger partial charge < -0.3 is 9.47 Å². The lowest BCUT2D eigenvalue weighted by atomic mass is 10.0. The van der Waals surface area contributed by atoms with Gasteiger partial charge in [0.25, 0.3) is 10.0 Å². The molecule has 1 N–H and O–H groups in total. The van der Waals surface area contributed by atoms with E-state index in [-0.39, 0.29) is 22.0 Å². The Morgan fingerprint density at radius 1 is 0.800 bits per heavy atom. The molecule has 0 spiro atoms. The molecule has 184 valence electrons. The first kappa shape index (κ1) is 24.4. The van der Waals surface area contributed by atoms with E-state index in [0.717, 1.165) is 11.1 Å². The highest BCUT2D eigenvalue weighted by Gasteiger charge is 2.25. The van der Waals surface area contributed by atoms with Crippen LogP contribution in [0, 0.1) is 27.7 Å². The summed E-state index contributed by atoms with van der Waals surface area (Å²) in [6.07, 6.45) is 0. The molecule has 9 heteroatoms. The third-order valence-electron chi connectivity index (χ3n) is 6.47. The first-order valence-electron chi connectivity index (χ1n) is 11.1. The summed E-state index contributed by atoms with van der Waals surface area (Å²) in [6, 6.07) is 12.2. The predicted octanol–water partition coefficient (Wildman–Crippen LogP) is 4.71. The number of aromatic nitrogens is 2. The third kappa shape index (κ3) is 4.27. The van der Waals surface area contributed by atoms with Gasteiger partial charge in [0.15, 0.2) is 5.75 Å². The molecule has 4 aromatic rings. The van der Waals surface area contributed by atoms with Crippen molar-refractivity contribution in [1.82, 2.24) is 9.13 Å². The molecule has 0 saturated carbocycles. The van der Waals surface area contributed by atoms with Gasteiger partial charge in [-0.1, -0.05) is 6.07 Å². The van der Waals surface area contributed by atoms with Gasteiger partial charge in [-0.3, -0.25) is 13.9 Å². The van der Waals surface area contributed by atoms with Gasteiger partial charge in [0.2, 0.25) is 0 Å². The van der Waals surface area contributed by atoms with Gasteiger partial charge in [-0.15, -0.1) is 0 Å². The van der Waals surface area contributed by atoms with Gasteiger partial charge in [-0.2, -0.15) is 0 Å². The number of aryl methyl sites for hydroxylation is 4. The van der Waals surface area contributed by atoms with Crippen LogP contribution in [0.1, 0.15) is 22.3 Å². The van der Waals surface area contributed by atoms with Crippen molar-refractivity contribution in [2.75, 3.05) is 11.8 Å². The molecular weight excluding hydrogens is 466 g/mol. The van der Waals surface area contributed by atoms with Gasteiger partial charge in [-0.25, -0.2) is 13.2 Å². The van der Waals surface area contributed by atoms with Gasteiger partial charge in [0.05, 0.1) is 28.7 Å². The van der Waals surface area contributed by atoms with E-state index in [1.54, 1.807) is 71.5 Å². The first-order chi connectivity index (χ1) is 16.4. The second-order valence-electron chi connectivity index (χ2n) is 8.71. The van der Waals surface area contributed by atoms with E-state index in [9.17, 15) is 13.2 Å². The monoisotopic (exact) mass is 495 g/mol. The quantitative estimate of drug-likeness (QED) is 0.418. The number of nitrogens with one attached hydrogen (secondary N) is 1. The van der Waals surface area contributed by atoms with Crippen molar-refractivity contribution >= 4 is 26.7 Å². The number of methoxy groups -OCH3 is 1. The molecule has 0 atom stereocenters. The Morgan fingerprint density at radius 3 is 1.86 bits per heavy atom. The lowest BCUT2D eigenvalue weighted by molar-refractivity contribution is 0.413. The molecule has 3 aromatic carbocycles. The SMILES string of the molecule is COc1ccc(Oc2cc3c(cc2NS(=O)(=O)c2c(C)c(C)cc(C)c2C)n(C)c(=O)n3C)cc1. The van der Waals surface area contributed by atoms with Gasteiger partial charge >= 0.3 is 5.69 Å². The fourth-order valence-electron chi connectivity index (χ4n) is 4.24. The van der Waals surface area contributed by atoms with Crippen molar-refractivity contribution < 1.29 is 17.9 Å². The number of ether oxygens (including phenoxy) is 2. The van der Waals surface area contributed by atoms with E-state index in [2.05, 4.69) is 4.72 Å². The Kier molecular flexibility index (Phi) is 6.14. The van der Waals surface area contributed by atoms with Crippen molar-refractivity contribution in [3.63, 3.8) is 0 Å². The van der Waals surface area contributed by atoms with Crippen LogP contribution >= 0.6 is 0 Å². The van der Waals surface area contributed by atoms with Crippen LogP contribution in [-0.2, 0) is 24.1 Å². The second kappa shape index (κ2) is 8.81. The number of imidazole rings is 1. The van der Waals surface area contributed by atoms with Crippen LogP contribution in [0.15, 0.2) is 52.2 Å². The minimum Gasteiger partial charge on any atom is -0.497 e. The van der Waals surface area contributed by atoms with Crippen LogP contribution in [0.3, 0.4) is 0 Å². The molecule has 0 aliphatic heterocycles. The molecule has 0 aliphatic carbocycles.